The van der Waals surface area contributed by atoms with E-state index in [0.29, 0.717) is 0 Å². The van der Waals surface area contributed by atoms with Crippen LogP contribution in [-0.4, -0.2) is 41.3 Å². The van der Waals surface area contributed by atoms with Crippen molar-refractivity contribution in [2.24, 2.45) is 0 Å². The number of nitrogens with zero attached hydrogens (tertiary/aromatic N) is 4. The molecule has 0 aliphatic carbocycles. The summed E-state index contributed by atoms with van der Waals surface area (Å²) in [6.07, 6.45) is 3.66. The Bertz CT molecular complexity index is 794. The fraction of sp³-hybridized carbons (Fsp3) is 0.235. The van der Waals surface area contributed by atoms with Gasteiger partial charge >= 0.3 is 0 Å². The molecule has 1 fully saturated rings. The van der Waals surface area contributed by atoms with Gasteiger partial charge in [-0.2, -0.15) is 0 Å². The van der Waals surface area contributed by atoms with Crippen molar-refractivity contribution >= 4 is 52.8 Å². The van der Waals surface area contributed by atoms with Gasteiger partial charge in [0.05, 0.1) is 30.8 Å². The minimum atomic E-state index is 0. The second-order valence-electron chi connectivity index (χ2n) is 5.38. The molecule has 9 heteroatoms. The molecule has 138 valence electrons. The van der Waals surface area contributed by atoms with Crippen LogP contribution in [0.15, 0.2) is 48.1 Å². The molecule has 0 atom stereocenters. The molecule has 3 aromatic rings. The number of nitrogens with one attached hydrogen (secondary N) is 1. The average Bonchev–Trinajstić information content (AvgIpc) is 3.12. The van der Waals surface area contributed by atoms with Gasteiger partial charge in [0.1, 0.15) is 11.5 Å². The molecule has 4 rings (SSSR count). The van der Waals surface area contributed by atoms with Gasteiger partial charge in [-0.1, -0.05) is 6.07 Å². The molecule has 0 spiro atoms. The number of anilines is 3. The molecule has 1 saturated heterocycles. The van der Waals surface area contributed by atoms with Crippen molar-refractivity contribution in [3.8, 4) is 11.4 Å². The van der Waals surface area contributed by atoms with E-state index in [1.165, 1.54) is 0 Å². The Morgan fingerprint density at radius 2 is 1.85 bits per heavy atom. The Kier molecular flexibility index (Phi) is 7.59. The number of hydrogen-bond donors (Lipinski definition) is 1. The molecule has 1 aliphatic rings. The lowest BCUT2D eigenvalue weighted by atomic mass is 10.3. The molecule has 3 aromatic heterocycles. The smallest absolute Gasteiger partial charge is 0.188 e. The first-order valence-corrected chi connectivity index (χ1v) is 8.69. The molecule has 6 nitrogen and oxygen atoms in total. The van der Waals surface area contributed by atoms with Crippen LogP contribution in [0.2, 0.25) is 0 Å². The molecule has 0 unspecified atom stereocenters. The third-order valence-electron chi connectivity index (χ3n) is 3.79. The zero-order chi connectivity index (χ0) is 16.2. The Balaban J connectivity index is 0.00000121. The van der Waals surface area contributed by atoms with Crippen LogP contribution in [0.1, 0.15) is 0 Å². The molecule has 26 heavy (non-hydrogen) atoms. The Morgan fingerprint density at radius 3 is 2.54 bits per heavy atom. The van der Waals surface area contributed by atoms with E-state index < -0.39 is 0 Å². The van der Waals surface area contributed by atoms with E-state index in [1.54, 1.807) is 17.5 Å². The summed E-state index contributed by atoms with van der Waals surface area (Å²) in [5.74, 6) is 0.786. The van der Waals surface area contributed by atoms with Crippen molar-refractivity contribution in [1.82, 2.24) is 15.0 Å². The van der Waals surface area contributed by atoms with Crippen LogP contribution in [0.4, 0.5) is 16.6 Å². The first kappa shape index (κ1) is 20.4. The molecule has 1 N–H and O–H groups in total. The summed E-state index contributed by atoms with van der Waals surface area (Å²) in [5, 5.41) is 6.05. The predicted octanol–water partition coefficient (Wildman–Crippen LogP) is 4.02. The lowest BCUT2D eigenvalue weighted by molar-refractivity contribution is 0.122. The second-order valence-corrected chi connectivity index (χ2v) is 6.24. The van der Waals surface area contributed by atoms with E-state index in [-0.39, 0.29) is 24.8 Å². The number of halogens is 2. The maximum absolute atomic E-state index is 5.38. The maximum atomic E-state index is 5.38. The van der Waals surface area contributed by atoms with Crippen molar-refractivity contribution in [3.63, 3.8) is 0 Å². The summed E-state index contributed by atoms with van der Waals surface area (Å²) >= 11 is 1.54. The van der Waals surface area contributed by atoms with E-state index in [2.05, 4.69) is 31.2 Å². The molecule has 4 heterocycles. The Morgan fingerprint density at radius 1 is 1.00 bits per heavy atom. The average molecular weight is 412 g/mol. The molecular formula is C17H19Cl2N5OS. The van der Waals surface area contributed by atoms with E-state index >= 15 is 0 Å². The topological polar surface area (TPSA) is 63.2 Å². The lowest BCUT2D eigenvalue weighted by Crippen LogP contribution is -2.36. The minimum Gasteiger partial charge on any atom is -0.378 e. The normalized spacial score (nSPS) is 13.5. The van der Waals surface area contributed by atoms with Crippen LogP contribution in [0.25, 0.3) is 11.4 Å². The third-order valence-corrected chi connectivity index (χ3v) is 4.55. The SMILES string of the molecule is Cl.Cl.c1ccc(-c2csc(Nc3ccc(N4CCOCC4)cn3)n2)nc1. The maximum Gasteiger partial charge on any atom is 0.188 e. The third kappa shape index (κ3) is 4.82. The van der Waals surface area contributed by atoms with Crippen LogP contribution in [0.5, 0.6) is 0 Å². The zero-order valence-electron chi connectivity index (χ0n) is 13.9. The molecule has 0 aromatic carbocycles. The van der Waals surface area contributed by atoms with Crippen molar-refractivity contribution in [1.29, 1.82) is 0 Å². The Hall–Kier alpha value is -1.93. The quantitative estimate of drug-likeness (QED) is 0.698. The summed E-state index contributed by atoms with van der Waals surface area (Å²) in [5.41, 5.74) is 2.86. The Labute approximate surface area is 168 Å². The highest BCUT2D eigenvalue weighted by atomic mass is 35.5. The predicted molar refractivity (Wildman–Crippen MR) is 110 cm³/mol. The van der Waals surface area contributed by atoms with E-state index in [1.807, 2.05) is 35.8 Å². The molecule has 0 radical (unpaired) electrons. The van der Waals surface area contributed by atoms with Gasteiger partial charge in [0, 0.05) is 24.7 Å². The first-order valence-electron chi connectivity index (χ1n) is 7.81. The molecule has 1 aliphatic heterocycles. The first-order chi connectivity index (χ1) is 11.9. The fourth-order valence-electron chi connectivity index (χ4n) is 2.54. The molecule has 0 amide bonds. The van der Waals surface area contributed by atoms with Crippen LogP contribution in [0.3, 0.4) is 0 Å². The second kappa shape index (κ2) is 9.68. The molecule has 0 bridgehead atoms. The van der Waals surface area contributed by atoms with E-state index in [9.17, 15) is 0 Å². The van der Waals surface area contributed by atoms with Crippen LogP contribution < -0.4 is 10.2 Å². The highest BCUT2D eigenvalue weighted by molar-refractivity contribution is 7.14. The van der Waals surface area contributed by atoms with Crippen molar-refractivity contribution < 1.29 is 4.74 Å². The molecular weight excluding hydrogens is 393 g/mol. The van der Waals surface area contributed by atoms with E-state index in [0.717, 1.165) is 54.3 Å². The number of ether oxygens (including phenoxy) is 1. The monoisotopic (exact) mass is 411 g/mol. The van der Waals surface area contributed by atoms with Gasteiger partial charge in [-0.05, 0) is 24.3 Å². The summed E-state index contributed by atoms with van der Waals surface area (Å²) < 4.78 is 5.38. The number of hydrogen-bond acceptors (Lipinski definition) is 7. The summed E-state index contributed by atoms with van der Waals surface area (Å²) in [6, 6.07) is 9.87. The standard InChI is InChI=1S/C17H17N5OS.2ClH/c1-2-6-18-14(3-1)15-12-24-17(20-15)21-16-5-4-13(11-19-16)22-7-9-23-10-8-22;;/h1-6,11-12H,7-10H2,(H,19,20,21);2*1H. The van der Waals surface area contributed by atoms with Gasteiger partial charge in [0.2, 0.25) is 0 Å². The number of aromatic nitrogens is 3. The van der Waals surface area contributed by atoms with E-state index in [4.69, 9.17) is 4.74 Å². The van der Waals surface area contributed by atoms with Crippen molar-refractivity contribution in [3.05, 3.63) is 48.1 Å². The van der Waals surface area contributed by atoms with Crippen LogP contribution in [-0.2, 0) is 4.74 Å². The van der Waals surface area contributed by atoms with Gasteiger partial charge in [-0.3, -0.25) is 4.98 Å². The van der Waals surface area contributed by atoms with Gasteiger partial charge in [-0.25, -0.2) is 9.97 Å². The largest absolute Gasteiger partial charge is 0.378 e. The summed E-state index contributed by atoms with van der Waals surface area (Å²) in [6.45, 7) is 3.37. The summed E-state index contributed by atoms with van der Waals surface area (Å²) in [4.78, 5) is 15.7. The molecule has 0 saturated carbocycles. The highest BCUT2D eigenvalue weighted by Crippen LogP contribution is 2.26. The van der Waals surface area contributed by atoms with Gasteiger partial charge in [0.15, 0.2) is 5.13 Å². The van der Waals surface area contributed by atoms with Gasteiger partial charge in [-0.15, -0.1) is 36.2 Å². The van der Waals surface area contributed by atoms with Crippen molar-refractivity contribution in [2.75, 3.05) is 36.5 Å². The van der Waals surface area contributed by atoms with Crippen LogP contribution in [0, 0.1) is 0 Å². The number of rotatable bonds is 4. The van der Waals surface area contributed by atoms with Gasteiger partial charge in [0.25, 0.3) is 0 Å². The zero-order valence-corrected chi connectivity index (χ0v) is 16.3. The minimum absolute atomic E-state index is 0. The van der Waals surface area contributed by atoms with Crippen LogP contribution >= 0.6 is 36.2 Å². The summed E-state index contributed by atoms with van der Waals surface area (Å²) in [7, 11) is 0. The van der Waals surface area contributed by atoms with Crippen molar-refractivity contribution in [2.45, 2.75) is 0 Å². The number of morpholine rings is 1. The fourth-order valence-corrected chi connectivity index (χ4v) is 3.25. The number of thiazole rings is 1. The number of pyridine rings is 2. The van der Waals surface area contributed by atoms with Gasteiger partial charge < -0.3 is 15.0 Å². The lowest BCUT2D eigenvalue weighted by Gasteiger charge is -2.28. The highest BCUT2D eigenvalue weighted by Gasteiger charge is 2.11.